The van der Waals surface area contributed by atoms with Crippen LogP contribution in [0.15, 0.2) is 0 Å². The van der Waals surface area contributed by atoms with Gasteiger partial charge in [0.2, 0.25) is 5.91 Å². The van der Waals surface area contributed by atoms with Gasteiger partial charge in [0.15, 0.2) is 0 Å². The van der Waals surface area contributed by atoms with Crippen LogP contribution in [0.3, 0.4) is 0 Å². The van der Waals surface area contributed by atoms with E-state index < -0.39 is 0 Å². The molecule has 0 saturated carbocycles. The fraction of sp³-hybridized carbons (Fsp3) is 0.900. The summed E-state index contributed by atoms with van der Waals surface area (Å²) in [4.78, 5) is 11.3. The summed E-state index contributed by atoms with van der Waals surface area (Å²) >= 11 is 5.71. The lowest BCUT2D eigenvalue weighted by atomic mass is 10.1. The minimum atomic E-state index is -0.0854. The van der Waals surface area contributed by atoms with Gasteiger partial charge >= 0.3 is 0 Å². The molecule has 0 aromatic heterocycles. The molecule has 0 bridgehead atoms. The fourth-order valence-corrected chi connectivity index (χ4v) is 1.37. The largest absolute Gasteiger partial charge is 0.372 e. The molecule has 1 N–H and O–H groups in total. The van der Waals surface area contributed by atoms with E-state index in [1.807, 2.05) is 20.8 Å². The molecule has 1 atom stereocenters. The fourth-order valence-electron chi connectivity index (χ4n) is 0.941. The van der Waals surface area contributed by atoms with E-state index in [-0.39, 0.29) is 18.6 Å². The van der Waals surface area contributed by atoms with Crippen molar-refractivity contribution in [2.75, 3.05) is 19.1 Å². The summed E-state index contributed by atoms with van der Waals surface area (Å²) in [6.07, 6.45) is 0.927. The first-order chi connectivity index (χ1) is 6.61. The molecule has 0 aromatic rings. The molecule has 0 aliphatic heterocycles. The van der Waals surface area contributed by atoms with Gasteiger partial charge in [0, 0.05) is 18.5 Å². The molecule has 0 rings (SSSR count). The SMILES string of the molecule is CCCOCC(=O)NC(CCl)C(C)C. The van der Waals surface area contributed by atoms with E-state index in [4.69, 9.17) is 16.3 Å². The zero-order chi connectivity index (χ0) is 11.0. The summed E-state index contributed by atoms with van der Waals surface area (Å²) in [6.45, 7) is 6.82. The highest BCUT2D eigenvalue weighted by Crippen LogP contribution is 2.03. The minimum Gasteiger partial charge on any atom is -0.372 e. The van der Waals surface area contributed by atoms with Crippen molar-refractivity contribution in [2.45, 2.75) is 33.2 Å². The highest BCUT2D eigenvalue weighted by atomic mass is 35.5. The Hall–Kier alpha value is -0.280. The molecule has 0 spiro atoms. The predicted molar refractivity (Wildman–Crippen MR) is 58.6 cm³/mol. The van der Waals surface area contributed by atoms with Crippen molar-refractivity contribution in [3.63, 3.8) is 0 Å². The summed E-state index contributed by atoms with van der Waals surface area (Å²) in [5.41, 5.74) is 0. The standard InChI is InChI=1S/C10H20ClNO2/c1-4-5-14-7-10(13)12-9(6-11)8(2)3/h8-9H,4-7H2,1-3H3,(H,12,13). The molecule has 0 aromatic carbocycles. The highest BCUT2D eigenvalue weighted by Gasteiger charge is 2.14. The molecule has 0 fully saturated rings. The average molecular weight is 222 g/mol. The molecule has 1 unspecified atom stereocenters. The van der Waals surface area contributed by atoms with Crippen LogP contribution in [0.2, 0.25) is 0 Å². The van der Waals surface area contributed by atoms with Crippen molar-refractivity contribution < 1.29 is 9.53 Å². The normalized spacial score (nSPS) is 12.9. The highest BCUT2D eigenvalue weighted by molar-refractivity contribution is 6.18. The zero-order valence-electron chi connectivity index (χ0n) is 9.18. The van der Waals surface area contributed by atoms with Crippen LogP contribution in [0.5, 0.6) is 0 Å². The number of ether oxygens (including phenoxy) is 1. The van der Waals surface area contributed by atoms with Crippen molar-refractivity contribution in [3.05, 3.63) is 0 Å². The number of halogens is 1. The molecule has 3 nitrogen and oxygen atoms in total. The molecular formula is C10H20ClNO2. The Labute approximate surface area is 91.2 Å². The average Bonchev–Trinajstić information content (AvgIpc) is 2.14. The lowest BCUT2D eigenvalue weighted by Crippen LogP contribution is -2.41. The van der Waals surface area contributed by atoms with Crippen molar-refractivity contribution in [3.8, 4) is 0 Å². The first kappa shape index (κ1) is 13.7. The van der Waals surface area contributed by atoms with E-state index in [0.717, 1.165) is 6.42 Å². The second-order valence-corrected chi connectivity index (χ2v) is 3.93. The van der Waals surface area contributed by atoms with E-state index in [0.29, 0.717) is 18.4 Å². The Morgan fingerprint density at radius 1 is 1.50 bits per heavy atom. The molecule has 4 heteroatoms. The maximum atomic E-state index is 11.3. The molecule has 84 valence electrons. The van der Waals surface area contributed by atoms with Gasteiger partial charge in [-0.1, -0.05) is 20.8 Å². The number of rotatable bonds is 7. The van der Waals surface area contributed by atoms with Crippen LogP contribution in [0.4, 0.5) is 0 Å². The van der Waals surface area contributed by atoms with Crippen molar-refractivity contribution in [1.29, 1.82) is 0 Å². The van der Waals surface area contributed by atoms with Gasteiger partial charge in [-0.05, 0) is 12.3 Å². The second-order valence-electron chi connectivity index (χ2n) is 3.62. The maximum absolute atomic E-state index is 11.3. The van der Waals surface area contributed by atoms with E-state index in [1.54, 1.807) is 0 Å². The Kier molecular flexibility index (Phi) is 7.90. The molecule has 0 saturated heterocycles. The number of hydrogen-bond donors (Lipinski definition) is 1. The molecule has 0 aliphatic carbocycles. The maximum Gasteiger partial charge on any atom is 0.246 e. The van der Waals surface area contributed by atoms with Crippen LogP contribution < -0.4 is 5.32 Å². The van der Waals surface area contributed by atoms with Crippen LogP contribution in [0.25, 0.3) is 0 Å². The molecule has 14 heavy (non-hydrogen) atoms. The quantitative estimate of drug-likeness (QED) is 0.526. The lowest BCUT2D eigenvalue weighted by Gasteiger charge is -2.19. The van der Waals surface area contributed by atoms with Gasteiger partial charge in [-0.3, -0.25) is 4.79 Å². The van der Waals surface area contributed by atoms with Crippen molar-refractivity contribution in [2.24, 2.45) is 5.92 Å². The third-order valence-electron chi connectivity index (χ3n) is 1.90. The first-order valence-electron chi connectivity index (χ1n) is 5.04. The summed E-state index contributed by atoms with van der Waals surface area (Å²) < 4.78 is 5.11. The lowest BCUT2D eigenvalue weighted by molar-refractivity contribution is -0.126. The van der Waals surface area contributed by atoms with Gasteiger partial charge in [0.05, 0.1) is 0 Å². The third-order valence-corrected chi connectivity index (χ3v) is 2.23. The van der Waals surface area contributed by atoms with Crippen LogP contribution in [-0.2, 0) is 9.53 Å². The van der Waals surface area contributed by atoms with Crippen molar-refractivity contribution in [1.82, 2.24) is 5.32 Å². The molecule has 0 heterocycles. The monoisotopic (exact) mass is 221 g/mol. The number of carbonyl (C=O) groups excluding carboxylic acids is 1. The Morgan fingerprint density at radius 3 is 2.57 bits per heavy atom. The number of alkyl halides is 1. The van der Waals surface area contributed by atoms with Gasteiger partial charge in [-0.2, -0.15) is 0 Å². The summed E-state index contributed by atoms with van der Waals surface area (Å²) in [5, 5.41) is 2.83. The van der Waals surface area contributed by atoms with E-state index >= 15 is 0 Å². The Bertz CT molecular complexity index is 162. The smallest absolute Gasteiger partial charge is 0.246 e. The summed E-state index contributed by atoms with van der Waals surface area (Å²) in [6, 6.07) is 0.0365. The number of amides is 1. The zero-order valence-corrected chi connectivity index (χ0v) is 9.93. The van der Waals surface area contributed by atoms with E-state index in [2.05, 4.69) is 5.32 Å². The second kappa shape index (κ2) is 8.06. The molecule has 1 amide bonds. The predicted octanol–water partition coefficient (Wildman–Crippen LogP) is 1.79. The van der Waals surface area contributed by atoms with E-state index in [1.165, 1.54) is 0 Å². The molecular weight excluding hydrogens is 202 g/mol. The van der Waals surface area contributed by atoms with Crippen molar-refractivity contribution >= 4 is 17.5 Å². The minimum absolute atomic E-state index is 0.0365. The van der Waals surface area contributed by atoms with E-state index in [9.17, 15) is 4.79 Å². The van der Waals surface area contributed by atoms with Gasteiger partial charge in [0.1, 0.15) is 6.61 Å². The topological polar surface area (TPSA) is 38.3 Å². The van der Waals surface area contributed by atoms with Crippen LogP contribution >= 0.6 is 11.6 Å². The third kappa shape index (κ3) is 6.22. The van der Waals surface area contributed by atoms with Gasteiger partial charge in [0.25, 0.3) is 0 Å². The molecule has 0 radical (unpaired) electrons. The number of hydrogen-bond acceptors (Lipinski definition) is 2. The molecule has 0 aliphatic rings. The summed E-state index contributed by atoms with van der Waals surface area (Å²) in [7, 11) is 0. The van der Waals surface area contributed by atoms with Gasteiger partial charge < -0.3 is 10.1 Å². The van der Waals surface area contributed by atoms with Crippen LogP contribution in [0.1, 0.15) is 27.2 Å². The summed E-state index contributed by atoms with van der Waals surface area (Å²) in [5.74, 6) is 0.706. The van der Waals surface area contributed by atoms with Crippen LogP contribution in [0, 0.1) is 5.92 Å². The number of carbonyl (C=O) groups is 1. The van der Waals surface area contributed by atoms with Crippen LogP contribution in [-0.4, -0.2) is 31.0 Å². The Morgan fingerprint density at radius 2 is 2.14 bits per heavy atom. The first-order valence-corrected chi connectivity index (χ1v) is 5.58. The van der Waals surface area contributed by atoms with Gasteiger partial charge in [-0.15, -0.1) is 11.6 Å². The van der Waals surface area contributed by atoms with Gasteiger partial charge in [-0.25, -0.2) is 0 Å². The number of nitrogens with one attached hydrogen (secondary N) is 1. The Balaban J connectivity index is 3.68.